The van der Waals surface area contributed by atoms with Crippen LogP contribution in [0.25, 0.3) is 11.0 Å². The van der Waals surface area contributed by atoms with Crippen LogP contribution in [-0.4, -0.2) is 37.0 Å². The zero-order chi connectivity index (χ0) is 19.3. The van der Waals surface area contributed by atoms with Crippen LogP contribution in [0, 0.1) is 11.7 Å². The molecule has 2 aromatic heterocycles. The first-order valence-corrected chi connectivity index (χ1v) is 8.80. The molecule has 3 heterocycles. The Morgan fingerprint density at radius 2 is 2.11 bits per heavy atom. The first-order valence-electron chi connectivity index (χ1n) is 8.42. The summed E-state index contributed by atoms with van der Waals surface area (Å²) in [6.07, 6.45) is -0.611. The van der Waals surface area contributed by atoms with E-state index in [0.29, 0.717) is 16.9 Å². The maximum absolute atomic E-state index is 13.7. The Balaban J connectivity index is 1.66. The lowest BCUT2D eigenvalue weighted by atomic mass is 9.95. The van der Waals surface area contributed by atoms with Crippen LogP contribution in [0.3, 0.4) is 0 Å². The van der Waals surface area contributed by atoms with Gasteiger partial charge < -0.3 is 25.3 Å². The zero-order valence-corrected chi connectivity index (χ0v) is 15.1. The molecule has 1 fully saturated rings. The van der Waals surface area contributed by atoms with Crippen LogP contribution >= 0.6 is 11.6 Å². The van der Waals surface area contributed by atoms with Gasteiger partial charge in [-0.05, 0) is 23.8 Å². The zero-order valence-electron chi connectivity index (χ0n) is 14.3. The predicted octanol–water partition coefficient (Wildman–Crippen LogP) is 2.43. The number of fused-ring (bicyclic) bond motifs is 1. The fourth-order valence-corrected chi connectivity index (χ4v) is 3.61. The second kappa shape index (κ2) is 6.72. The van der Waals surface area contributed by atoms with Gasteiger partial charge >= 0.3 is 0 Å². The molecule has 1 saturated heterocycles. The number of nitrogens with zero attached hydrogens (tertiary/aromatic N) is 3. The van der Waals surface area contributed by atoms with E-state index >= 15 is 0 Å². The number of aromatic nitrogens is 3. The lowest BCUT2D eigenvalue weighted by Crippen LogP contribution is -2.31. The second-order valence-corrected chi connectivity index (χ2v) is 7.09. The number of anilines is 1. The first-order chi connectivity index (χ1) is 12.9. The van der Waals surface area contributed by atoms with Crippen molar-refractivity contribution >= 4 is 28.5 Å². The quantitative estimate of drug-likeness (QED) is 0.632. The maximum Gasteiger partial charge on any atom is 0.147 e. The molecular weight excluding hydrogens is 375 g/mol. The Morgan fingerprint density at radius 3 is 2.85 bits per heavy atom. The van der Waals surface area contributed by atoms with Gasteiger partial charge in [0.25, 0.3) is 0 Å². The van der Waals surface area contributed by atoms with Crippen molar-refractivity contribution in [3.8, 4) is 0 Å². The number of benzene rings is 1. The summed E-state index contributed by atoms with van der Waals surface area (Å²) in [7, 11) is 0. The molecule has 4 rings (SSSR count). The number of nitrogens with two attached hydrogens (primary N) is 1. The van der Waals surface area contributed by atoms with E-state index in [1.54, 1.807) is 23.8 Å². The minimum atomic E-state index is -1.22. The monoisotopic (exact) mass is 392 g/mol. The minimum Gasteiger partial charge on any atom is -0.390 e. The summed E-state index contributed by atoms with van der Waals surface area (Å²) in [5, 5.41) is 21.9. The Hall–Kier alpha value is -2.26. The van der Waals surface area contributed by atoms with Crippen molar-refractivity contribution in [1.82, 2.24) is 14.5 Å². The summed E-state index contributed by atoms with van der Waals surface area (Å²) in [5.74, 6) is -0.652. The standard InChI is InChI=1S/C18H18ClFN4O3/c1-8-13(25)15(14(26)9-2-3-11(19)12(20)6-9)27-18(8)24-5-4-10-16(21)22-7-23-17(10)24/h2-8,13-15,18,25-26H,1H3,(H2,21,22,23)/t8-,13+,14-,15+,18-/m1/s1. The third-order valence-electron chi connectivity index (χ3n) is 5.03. The van der Waals surface area contributed by atoms with Crippen molar-refractivity contribution in [2.24, 2.45) is 5.92 Å². The molecule has 1 aliphatic heterocycles. The molecule has 27 heavy (non-hydrogen) atoms. The van der Waals surface area contributed by atoms with E-state index in [1.165, 1.54) is 18.5 Å². The van der Waals surface area contributed by atoms with Crippen LogP contribution < -0.4 is 5.73 Å². The molecule has 0 unspecified atom stereocenters. The van der Waals surface area contributed by atoms with E-state index in [1.807, 2.05) is 0 Å². The third-order valence-corrected chi connectivity index (χ3v) is 5.34. The molecule has 3 aromatic rings. The largest absolute Gasteiger partial charge is 0.390 e. The number of ether oxygens (including phenoxy) is 1. The highest BCUT2D eigenvalue weighted by molar-refractivity contribution is 6.30. The van der Waals surface area contributed by atoms with Gasteiger partial charge in [-0.15, -0.1) is 0 Å². The van der Waals surface area contributed by atoms with Crippen LogP contribution in [0.15, 0.2) is 36.8 Å². The minimum absolute atomic E-state index is 0.0406. The number of aliphatic hydroxyl groups is 2. The van der Waals surface area contributed by atoms with Gasteiger partial charge in [0.05, 0.1) is 16.5 Å². The number of halogens is 2. The van der Waals surface area contributed by atoms with Crippen molar-refractivity contribution in [3.63, 3.8) is 0 Å². The number of hydrogen-bond donors (Lipinski definition) is 3. The third kappa shape index (κ3) is 2.94. The molecule has 0 aliphatic carbocycles. The Bertz CT molecular complexity index is 998. The smallest absolute Gasteiger partial charge is 0.147 e. The number of aliphatic hydroxyl groups excluding tert-OH is 2. The fourth-order valence-electron chi connectivity index (χ4n) is 3.50. The van der Waals surface area contributed by atoms with Gasteiger partial charge in [-0.1, -0.05) is 24.6 Å². The van der Waals surface area contributed by atoms with Crippen LogP contribution in [0.2, 0.25) is 5.02 Å². The summed E-state index contributed by atoms with van der Waals surface area (Å²) in [5.41, 5.74) is 6.71. The molecule has 0 bridgehead atoms. The first kappa shape index (κ1) is 18.1. The Labute approximate surface area is 159 Å². The highest BCUT2D eigenvalue weighted by atomic mass is 35.5. The number of hydrogen-bond acceptors (Lipinski definition) is 6. The van der Waals surface area contributed by atoms with Crippen molar-refractivity contribution in [3.05, 3.63) is 53.2 Å². The molecular formula is C18H18ClFN4O3. The second-order valence-electron chi connectivity index (χ2n) is 6.68. The highest BCUT2D eigenvalue weighted by Crippen LogP contribution is 2.41. The molecule has 5 atom stereocenters. The summed E-state index contributed by atoms with van der Waals surface area (Å²) in [6, 6.07) is 5.77. The summed E-state index contributed by atoms with van der Waals surface area (Å²) < 4.78 is 21.5. The lowest BCUT2D eigenvalue weighted by molar-refractivity contribution is -0.0833. The van der Waals surface area contributed by atoms with E-state index in [2.05, 4.69) is 9.97 Å². The molecule has 4 N–H and O–H groups in total. The molecule has 9 heteroatoms. The maximum atomic E-state index is 13.7. The molecule has 142 valence electrons. The highest BCUT2D eigenvalue weighted by Gasteiger charge is 2.46. The average Bonchev–Trinajstić information content (AvgIpc) is 3.20. The van der Waals surface area contributed by atoms with Crippen LogP contribution in [0.4, 0.5) is 10.2 Å². The number of nitrogen functional groups attached to an aromatic ring is 1. The van der Waals surface area contributed by atoms with Gasteiger partial charge in [0.15, 0.2) is 0 Å². The molecule has 1 aromatic carbocycles. The van der Waals surface area contributed by atoms with E-state index in [0.717, 1.165) is 6.07 Å². The Morgan fingerprint density at radius 1 is 1.33 bits per heavy atom. The molecule has 0 amide bonds. The van der Waals surface area contributed by atoms with Crippen LogP contribution in [-0.2, 0) is 4.74 Å². The van der Waals surface area contributed by atoms with E-state index in [-0.39, 0.29) is 16.5 Å². The van der Waals surface area contributed by atoms with Crippen LogP contribution in [0.5, 0.6) is 0 Å². The normalized spacial score (nSPS) is 26.6. The Kier molecular flexibility index (Phi) is 4.51. The van der Waals surface area contributed by atoms with Crippen molar-refractivity contribution in [1.29, 1.82) is 0 Å². The lowest BCUT2D eigenvalue weighted by Gasteiger charge is -2.22. The van der Waals surface area contributed by atoms with Crippen molar-refractivity contribution < 1.29 is 19.3 Å². The van der Waals surface area contributed by atoms with Gasteiger partial charge in [0.2, 0.25) is 0 Å². The SMILES string of the molecule is C[C@@H]1[C@H](O)[C@@H]([C@H](O)c2ccc(Cl)c(F)c2)O[C@H]1n1ccc2c(N)ncnc21. The van der Waals surface area contributed by atoms with E-state index in [4.69, 9.17) is 22.1 Å². The van der Waals surface area contributed by atoms with Gasteiger partial charge in [-0.25, -0.2) is 14.4 Å². The summed E-state index contributed by atoms with van der Waals surface area (Å²) >= 11 is 5.69. The summed E-state index contributed by atoms with van der Waals surface area (Å²) in [6.45, 7) is 1.81. The van der Waals surface area contributed by atoms with Crippen molar-refractivity contribution in [2.45, 2.75) is 31.5 Å². The van der Waals surface area contributed by atoms with Gasteiger partial charge in [-0.2, -0.15) is 0 Å². The molecule has 0 spiro atoms. The summed E-state index contributed by atoms with van der Waals surface area (Å²) in [4.78, 5) is 8.20. The predicted molar refractivity (Wildman–Crippen MR) is 97.4 cm³/mol. The molecule has 1 aliphatic rings. The van der Waals surface area contributed by atoms with Gasteiger partial charge in [0.1, 0.15) is 42.0 Å². The molecule has 0 radical (unpaired) electrons. The van der Waals surface area contributed by atoms with Crippen LogP contribution in [0.1, 0.15) is 24.8 Å². The van der Waals surface area contributed by atoms with E-state index < -0.39 is 30.4 Å². The topological polar surface area (TPSA) is 106 Å². The molecule has 0 saturated carbocycles. The average molecular weight is 393 g/mol. The number of rotatable bonds is 3. The van der Waals surface area contributed by atoms with Gasteiger partial charge in [-0.3, -0.25) is 0 Å². The van der Waals surface area contributed by atoms with Gasteiger partial charge in [0, 0.05) is 12.1 Å². The van der Waals surface area contributed by atoms with E-state index in [9.17, 15) is 14.6 Å². The molecule has 7 nitrogen and oxygen atoms in total. The van der Waals surface area contributed by atoms with Crippen molar-refractivity contribution in [2.75, 3.05) is 5.73 Å². The fraction of sp³-hybridized carbons (Fsp3) is 0.333.